The number of rotatable bonds is 1. The van der Waals surface area contributed by atoms with Crippen molar-refractivity contribution in [1.82, 2.24) is 0 Å². The molecule has 138 valence electrons. The van der Waals surface area contributed by atoms with E-state index in [4.69, 9.17) is 9.15 Å². The normalized spacial score (nSPS) is 21.4. The van der Waals surface area contributed by atoms with Crippen LogP contribution in [0.2, 0.25) is 0 Å². The maximum Gasteiger partial charge on any atom is 0.339 e. The van der Waals surface area contributed by atoms with Gasteiger partial charge in [0, 0.05) is 22.9 Å². The second kappa shape index (κ2) is 6.24. The molecular formula is C23H24NO3+. The van der Waals surface area contributed by atoms with Crippen LogP contribution in [-0.4, -0.2) is 6.73 Å². The van der Waals surface area contributed by atoms with Gasteiger partial charge < -0.3 is 9.15 Å². The zero-order valence-corrected chi connectivity index (χ0v) is 15.8. The fourth-order valence-electron chi connectivity index (χ4n) is 4.70. The Morgan fingerprint density at radius 3 is 2.81 bits per heavy atom. The lowest BCUT2D eigenvalue weighted by Crippen LogP contribution is -3.12. The fraction of sp³-hybridized carbons (Fsp3) is 0.348. The van der Waals surface area contributed by atoms with Crippen molar-refractivity contribution in [3.05, 3.63) is 74.6 Å². The summed E-state index contributed by atoms with van der Waals surface area (Å²) >= 11 is 0. The first-order valence-corrected chi connectivity index (χ1v) is 9.74. The van der Waals surface area contributed by atoms with Crippen molar-refractivity contribution in [2.45, 2.75) is 45.7 Å². The van der Waals surface area contributed by atoms with Crippen LogP contribution < -0.4 is 15.3 Å². The van der Waals surface area contributed by atoms with E-state index in [0.29, 0.717) is 23.9 Å². The zero-order valence-electron chi connectivity index (χ0n) is 15.8. The Morgan fingerprint density at radius 2 is 1.93 bits per heavy atom. The highest BCUT2D eigenvalue weighted by molar-refractivity contribution is 5.85. The third-order valence-electron chi connectivity index (χ3n) is 6.36. The lowest BCUT2D eigenvalue weighted by Gasteiger charge is -2.35. The second-order valence-corrected chi connectivity index (χ2v) is 7.83. The minimum Gasteiger partial charge on any atom is -0.445 e. The summed E-state index contributed by atoms with van der Waals surface area (Å²) in [5, 5.41) is 1.01. The number of nitrogens with one attached hydrogen (secondary N) is 1. The minimum atomic E-state index is -0.247. The smallest absolute Gasteiger partial charge is 0.339 e. The lowest BCUT2D eigenvalue weighted by molar-refractivity contribution is -0.963. The van der Waals surface area contributed by atoms with Crippen LogP contribution in [0, 0.1) is 13.8 Å². The molecule has 1 unspecified atom stereocenters. The van der Waals surface area contributed by atoms with Crippen molar-refractivity contribution in [3.8, 4) is 5.75 Å². The quantitative estimate of drug-likeness (QED) is 0.676. The van der Waals surface area contributed by atoms with Crippen molar-refractivity contribution in [2.75, 3.05) is 6.73 Å². The first-order valence-electron chi connectivity index (χ1n) is 9.74. The van der Waals surface area contributed by atoms with Gasteiger partial charge in [0.05, 0.1) is 5.56 Å². The first kappa shape index (κ1) is 16.6. The maximum absolute atomic E-state index is 12.3. The first-order chi connectivity index (χ1) is 13.1. The maximum atomic E-state index is 12.3. The largest absolute Gasteiger partial charge is 0.445 e. The molecule has 1 aliphatic carbocycles. The summed E-state index contributed by atoms with van der Waals surface area (Å²) in [6.07, 6.45) is 3.53. The van der Waals surface area contributed by atoms with Gasteiger partial charge in [-0.15, -0.1) is 0 Å². The van der Waals surface area contributed by atoms with E-state index in [0.717, 1.165) is 41.6 Å². The monoisotopic (exact) mass is 362 g/mol. The van der Waals surface area contributed by atoms with E-state index in [-0.39, 0.29) is 5.63 Å². The van der Waals surface area contributed by atoms with Crippen LogP contribution in [-0.2, 0) is 13.0 Å². The molecule has 1 aromatic heterocycles. The number of quaternary nitrogens is 1. The molecule has 0 spiro atoms. The van der Waals surface area contributed by atoms with Crippen LogP contribution in [0.15, 0.2) is 45.6 Å². The zero-order chi connectivity index (χ0) is 18.5. The van der Waals surface area contributed by atoms with E-state index in [9.17, 15) is 4.79 Å². The molecule has 0 amide bonds. The predicted molar refractivity (Wildman–Crippen MR) is 104 cm³/mol. The van der Waals surface area contributed by atoms with Crippen molar-refractivity contribution in [3.63, 3.8) is 0 Å². The average molecular weight is 362 g/mol. The van der Waals surface area contributed by atoms with Gasteiger partial charge in [0.25, 0.3) is 0 Å². The Labute approximate surface area is 158 Å². The molecule has 4 heteroatoms. The SMILES string of the molecule is Cc1c(C)c2ccc3c(c2oc1=O)C[NH+]([C@@H]1CCCc2ccccc21)CO3. The van der Waals surface area contributed by atoms with E-state index in [1.807, 2.05) is 26.0 Å². The molecule has 0 fully saturated rings. The summed E-state index contributed by atoms with van der Waals surface area (Å²) in [6, 6.07) is 13.2. The summed E-state index contributed by atoms with van der Waals surface area (Å²) in [4.78, 5) is 13.7. The Morgan fingerprint density at radius 1 is 1.07 bits per heavy atom. The molecule has 2 atom stereocenters. The van der Waals surface area contributed by atoms with Crippen molar-refractivity contribution in [2.24, 2.45) is 0 Å². The number of benzene rings is 2. The molecule has 2 aliphatic rings. The van der Waals surface area contributed by atoms with Crippen molar-refractivity contribution in [1.29, 1.82) is 0 Å². The number of aryl methyl sites for hydroxylation is 2. The van der Waals surface area contributed by atoms with Gasteiger partial charge in [-0.3, -0.25) is 4.90 Å². The standard InChI is InChI=1S/C23H23NO3/c1-14-15(2)23(25)27-22-17(14)10-11-21-19(22)12-24(13-26-21)20-9-5-7-16-6-3-4-8-18(16)20/h3-4,6,8,10-11,20H,5,7,9,12-13H2,1-2H3/p+1/t20-/m1/s1. The number of ether oxygens (including phenoxy) is 1. The molecule has 0 saturated heterocycles. The van der Waals surface area contributed by atoms with Gasteiger partial charge in [0.2, 0.25) is 6.73 Å². The van der Waals surface area contributed by atoms with Gasteiger partial charge in [-0.1, -0.05) is 24.3 Å². The average Bonchev–Trinajstić information content (AvgIpc) is 2.71. The molecule has 0 saturated carbocycles. The minimum absolute atomic E-state index is 0.247. The van der Waals surface area contributed by atoms with E-state index >= 15 is 0 Å². The molecule has 2 heterocycles. The summed E-state index contributed by atoms with van der Waals surface area (Å²) in [7, 11) is 0. The Bertz CT molecular complexity index is 1100. The van der Waals surface area contributed by atoms with Crippen LogP contribution in [0.4, 0.5) is 0 Å². The molecule has 2 aromatic carbocycles. The third kappa shape index (κ3) is 2.59. The van der Waals surface area contributed by atoms with Gasteiger partial charge in [0.15, 0.2) is 5.58 Å². The van der Waals surface area contributed by atoms with Crippen LogP contribution in [0.3, 0.4) is 0 Å². The van der Waals surface area contributed by atoms with Gasteiger partial charge in [-0.05, 0) is 49.9 Å². The second-order valence-electron chi connectivity index (χ2n) is 7.83. The summed E-state index contributed by atoms with van der Waals surface area (Å²) in [5.41, 5.74) is 6.06. The Balaban J connectivity index is 1.59. The summed E-state index contributed by atoms with van der Waals surface area (Å²) in [5.74, 6) is 0.849. The lowest BCUT2D eigenvalue weighted by atomic mass is 9.86. The molecule has 0 radical (unpaired) electrons. The van der Waals surface area contributed by atoms with E-state index in [2.05, 4.69) is 24.3 Å². The Kier molecular flexibility index (Phi) is 3.83. The summed E-state index contributed by atoms with van der Waals surface area (Å²) < 4.78 is 11.9. The molecule has 5 rings (SSSR count). The van der Waals surface area contributed by atoms with Crippen LogP contribution in [0.5, 0.6) is 5.75 Å². The molecule has 4 nitrogen and oxygen atoms in total. The highest BCUT2D eigenvalue weighted by Crippen LogP contribution is 2.33. The van der Waals surface area contributed by atoms with E-state index in [1.165, 1.54) is 22.4 Å². The number of hydrogen-bond donors (Lipinski definition) is 1. The molecular weight excluding hydrogens is 338 g/mol. The van der Waals surface area contributed by atoms with E-state index < -0.39 is 0 Å². The Hall–Kier alpha value is -2.59. The van der Waals surface area contributed by atoms with Crippen LogP contribution >= 0.6 is 0 Å². The van der Waals surface area contributed by atoms with Gasteiger partial charge in [-0.2, -0.15) is 0 Å². The number of hydrogen-bond acceptors (Lipinski definition) is 3. The molecule has 1 aliphatic heterocycles. The predicted octanol–water partition coefficient (Wildman–Crippen LogP) is 3.22. The van der Waals surface area contributed by atoms with Crippen LogP contribution in [0.25, 0.3) is 11.0 Å². The third-order valence-corrected chi connectivity index (χ3v) is 6.36. The molecule has 1 N–H and O–H groups in total. The van der Waals surface area contributed by atoms with Gasteiger partial charge in [0.1, 0.15) is 18.3 Å². The molecule has 0 bridgehead atoms. The highest BCUT2D eigenvalue weighted by atomic mass is 16.5. The topological polar surface area (TPSA) is 43.9 Å². The van der Waals surface area contributed by atoms with Gasteiger partial charge in [-0.25, -0.2) is 4.79 Å². The number of fused-ring (bicyclic) bond motifs is 4. The molecule has 27 heavy (non-hydrogen) atoms. The van der Waals surface area contributed by atoms with Crippen LogP contribution in [0.1, 0.15) is 46.7 Å². The van der Waals surface area contributed by atoms with Crippen molar-refractivity contribution < 1.29 is 14.1 Å². The van der Waals surface area contributed by atoms with Crippen molar-refractivity contribution >= 4 is 11.0 Å². The highest BCUT2D eigenvalue weighted by Gasteiger charge is 2.34. The summed E-state index contributed by atoms with van der Waals surface area (Å²) in [6.45, 7) is 5.28. The fourth-order valence-corrected chi connectivity index (χ4v) is 4.70. The van der Waals surface area contributed by atoms with Gasteiger partial charge >= 0.3 is 5.63 Å². The molecule has 3 aromatic rings. The van der Waals surface area contributed by atoms with E-state index in [1.54, 1.807) is 0 Å².